The highest BCUT2D eigenvalue weighted by Crippen LogP contribution is 2.49. The Morgan fingerprint density at radius 1 is 1.00 bits per heavy atom. The number of hydrazone groups is 1. The van der Waals surface area contributed by atoms with Crippen molar-refractivity contribution in [3.05, 3.63) is 89.5 Å². The van der Waals surface area contributed by atoms with Gasteiger partial charge in [0.2, 0.25) is 5.91 Å². The summed E-state index contributed by atoms with van der Waals surface area (Å²) in [5.41, 5.74) is 8.63. The summed E-state index contributed by atoms with van der Waals surface area (Å²) in [6.07, 6.45) is 1.99. The van der Waals surface area contributed by atoms with Gasteiger partial charge in [-0.3, -0.25) is 4.79 Å². The molecule has 1 aliphatic heterocycles. The van der Waals surface area contributed by atoms with Crippen molar-refractivity contribution in [2.24, 2.45) is 5.10 Å². The minimum absolute atomic E-state index is 0.106. The van der Waals surface area contributed by atoms with Gasteiger partial charge in [-0.15, -0.1) is 11.8 Å². The highest BCUT2D eigenvalue weighted by Gasteiger charge is 2.28. The molecule has 0 saturated carbocycles. The van der Waals surface area contributed by atoms with Crippen LogP contribution in [0, 0.1) is 0 Å². The number of carbonyl (C=O) groups excluding carboxylic acids is 1. The van der Waals surface area contributed by atoms with Gasteiger partial charge < -0.3 is 4.74 Å². The Morgan fingerprint density at radius 3 is 2.26 bits per heavy atom. The summed E-state index contributed by atoms with van der Waals surface area (Å²) in [7, 11) is 0. The van der Waals surface area contributed by atoms with Crippen molar-refractivity contribution < 1.29 is 9.53 Å². The Morgan fingerprint density at radius 2 is 1.65 bits per heavy atom. The van der Waals surface area contributed by atoms with Crippen LogP contribution in [0.2, 0.25) is 0 Å². The van der Waals surface area contributed by atoms with Crippen LogP contribution in [0.25, 0.3) is 11.1 Å². The number of nitrogens with zero attached hydrogens (tertiary/aromatic N) is 1. The zero-order valence-electron chi connectivity index (χ0n) is 16.9. The number of carbonyl (C=O) groups is 1. The SMILES string of the molecule is O=C(CSC1c2ccccc2-c2ccccc21)N/N=C\c1ccc(OC2CSC2)cc1. The molecule has 5 rings (SSSR count). The minimum Gasteiger partial charge on any atom is -0.489 e. The first-order valence-electron chi connectivity index (χ1n) is 10.2. The Bertz CT molecular complexity index is 1070. The van der Waals surface area contributed by atoms with E-state index < -0.39 is 0 Å². The maximum absolute atomic E-state index is 12.4. The van der Waals surface area contributed by atoms with Crippen molar-refractivity contribution in [3.63, 3.8) is 0 Å². The van der Waals surface area contributed by atoms with E-state index in [1.54, 1.807) is 18.0 Å². The number of fused-ring (bicyclic) bond motifs is 3. The van der Waals surface area contributed by atoms with Crippen LogP contribution in [0.3, 0.4) is 0 Å². The van der Waals surface area contributed by atoms with Gasteiger partial charge in [0.25, 0.3) is 0 Å². The number of ether oxygens (including phenoxy) is 1. The van der Waals surface area contributed by atoms with Crippen LogP contribution in [0.1, 0.15) is 21.9 Å². The second-order valence-corrected chi connectivity index (χ2v) is 9.67. The zero-order chi connectivity index (χ0) is 21.0. The van der Waals surface area contributed by atoms with Crippen molar-refractivity contribution in [2.45, 2.75) is 11.4 Å². The van der Waals surface area contributed by atoms with E-state index in [4.69, 9.17) is 4.74 Å². The van der Waals surface area contributed by atoms with Crippen LogP contribution in [0.15, 0.2) is 77.9 Å². The van der Waals surface area contributed by atoms with E-state index in [0.717, 1.165) is 22.8 Å². The lowest BCUT2D eigenvalue weighted by Crippen LogP contribution is -2.30. The third kappa shape index (κ3) is 4.50. The fourth-order valence-corrected chi connectivity index (χ4v) is 5.48. The number of hydrogen-bond acceptors (Lipinski definition) is 5. The molecule has 0 aromatic heterocycles. The molecule has 0 spiro atoms. The van der Waals surface area contributed by atoms with Crippen molar-refractivity contribution in [2.75, 3.05) is 17.3 Å². The number of rotatable bonds is 7. The van der Waals surface area contributed by atoms with Crippen LogP contribution in [0.5, 0.6) is 5.75 Å². The average molecular weight is 447 g/mol. The molecule has 0 atom stereocenters. The summed E-state index contributed by atoms with van der Waals surface area (Å²) in [5.74, 6) is 3.23. The third-order valence-electron chi connectivity index (χ3n) is 5.35. The molecule has 4 nitrogen and oxygen atoms in total. The van der Waals surface area contributed by atoms with Crippen molar-refractivity contribution in [3.8, 4) is 16.9 Å². The maximum atomic E-state index is 12.4. The van der Waals surface area contributed by atoms with Gasteiger partial charge in [0.1, 0.15) is 11.9 Å². The van der Waals surface area contributed by atoms with E-state index in [-0.39, 0.29) is 11.2 Å². The standard InChI is InChI=1S/C25H22N2O2S2/c28-24(27-26-13-17-9-11-18(12-10-17)29-19-14-30-15-19)16-31-25-22-7-3-1-5-20(22)21-6-2-4-8-23(21)25/h1-13,19,25H,14-16H2,(H,27,28)/b26-13-. The summed E-state index contributed by atoms with van der Waals surface area (Å²) in [5, 5.41) is 4.28. The van der Waals surface area contributed by atoms with Gasteiger partial charge in [-0.05, 0) is 52.1 Å². The van der Waals surface area contributed by atoms with E-state index in [1.807, 2.05) is 36.0 Å². The predicted molar refractivity (Wildman–Crippen MR) is 130 cm³/mol. The summed E-state index contributed by atoms with van der Waals surface area (Å²) in [6, 6.07) is 24.6. The van der Waals surface area contributed by atoms with E-state index in [2.05, 4.69) is 59.1 Å². The smallest absolute Gasteiger partial charge is 0.250 e. The van der Waals surface area contributed by atoms with E-state index in [0.29, 0.717) is 11.9 Å². The van der Waals surface area contributed by atoms with Crippen LogP contribution in [0.4, 0.5) is 0 Å². The van der Waals surface area contributed by atoms with Crippen molar-refractivity contribution >= 4 is 35.6 Å². The van der Waals surface area contributed by atoms with Crippen LogP contribution >= 0.6 is 23.5 Å². The highest BCUT2D eigenvalue weighted by atomic mass is 32.2. The second-order valence-electron chi connectivity index (χ2n) is 7.51. The predicted octanol–water partition coefficient (Wildman–Crippen LogP) is 5.13. The number of benzene rings is 3. The third-order valence-corrected chi connectivity index (χ3v) is 7.84. The normalized spacial score (nSPS) is 15.4. The summed E-state index contributed by atoms with van der Waals surface area (Å²) < 4.78 is 5.84. The molecular formula is C25H22N2O2S2. The maximum Gasteiger partial charge on any atom is 0.250 e. The van der Waals surface area contributed by atoms with Crippen LogP contribution in [-0.2, 0) is 4.79 Å². The van der Waals surface area contributed by atoms with Gasteiger partial charge in [-0.25, -0.2) is 5.43 Å². The van der Waals surface area contributed by atoms with Crippen LogP contribution < -0.4 is 10.2 Å². The van der Waals surface area contributed by atoms with Crippen molar-refractivity contribution in [1.82, 2.24) is 5.43 Å². The number of nitrogens with one attached hydrogen (secondary N) is 1. The van der Waals surface area contributed by atoms with Gasteiger partial charge in [0, 0.05) is 11.5 Å². The number of hydrogen-bond donors (Lipinski definition) is 1. The molecule has 1 N–H and O–H groups in total. The molecule has 0 unspecified atom stereocenters. The van der Waals surface area contributed by atoms with Gasteiger partial charge >= 0.3 is 0 Å². The first-order chi connectivity index (χ1) is 15.3. The summed E-state index contributed by atoms with van der Waals surface area (Å²) >= 11 is 3.53. The lowest BCUT2D eigenvalue weighted by atomic mass is 10.1. The van der Waals surface area contributed by atoms with Gasteiger partial charge in [-0.2, -0.15) is 16.9 Å². The molecule has 1 heterocycles. The second kappa shape index (κ2) is 9.20. The van der Waals surface area contributed by atoms with Gasteiger partial charge in [0.05, 0.1) is 17.2 Å². The van der Waals surface area contributed by atoms with Crippen molar-refractivity contribution in [1.29, 1.82) is 0 Å². The fraction of sp³-hybridized carbons (Fsp3) is 0.200. The average Bonchev–Trinajstić information content (AvgIpc) is 3.10. The topological polar surface area (TPSA) is 50.7 Å². The molecular weight excluding hydrogens is 424 g/mol. The van der Waals surface area contributed by atoms with E-state index in [1.165, 1.54) is 22.3 Å². The van der Waals surface area contributed by atoms with E-state index in [9.17, 15) is 4.79 Å². The summed E-state index contributed by atoms with van der Waals surface area (Å²) in [6.45, 7) is 0. The number of amides is 1. The Kier molecular flexibility index (Phi) is 6.00. The molecule has 1 aliphatic carbocycles. The van der Waals surface area contributed by atoms with Crippen LogP contribution in [-0.4, -0.2) is 35.5 Å². The molecule has 1 amide bonds. The molecule has 31 heavy (non-hydrogen) atoms. The molecule has 3 aromatic carbocycles. The van der Waals surface area contributed by atoms with Gasteiger partial charge in [0.15, 0.2) is 0 Å². The molecule has 0 bridgehead atoms. The molecule has 1 fully saturated rings. The highest BCUT2D eigenvalue weighted by molar-refractivity contribution is 8.00. The Hall–Kier alpha value is -2.70. The molecule has 6 heteroatoms. The Labute approximate surface area is 190 Å². The van der Waals surface area contributed by atoms with Gasteiger partial charge in [-0.1, -0.05) is 48.5 Å². The minimum atomic E-state index is -0.106. The summed E-state index contributed by atoms with van der Waals surface area (Å²) in [4.78, 5) is 12.4. The van der Waals surface area contributed by atoms with E-state index >= 15 is 0 Å². The first-order valence-corrected chi connectivity index (χ1v) is 12.4. The largest absolute Gasteiger partial charge is 0.489 e. The number of thioether (sulfide) groups is 2. The molecule has 1 saturated heterocycles. The lowest BCUT2D eigenvalue weighted by molar-refractivity contribution is -0.118. The molecule has 0 radical (unpaired) electrons. The monoisotopic (exact) mass is 446 g/mol. The quantitative estimate of drug-likeness (QED) is 0.404. The first kappa shape index (κ1) is 20.2. The molecule has 2 aliphatic rings. The Balaban J connectivity index is 1.15. The fourth-order valence-electron chi connectivity index (χ4n) is 3.77. The lowest BCUT2D eigenvalue weighted by Gasteiger charge is -2.25. The molecule has 156 valence electrons. The molecule has 3 aromatic rings. The zero-order valence-corrected chi connectivity index (χ0v) is 18.5.